The van der Waals surface area contributed by atoms with E-state index in [1.807, 2.05) is 52.8 Å². The molecule has 1 aromatic rings. The summed E-state index contributed by atoms with van der Waals surface area (Å²) < 4.78 is 0. The van der Waals surface area contributed by atoms with Crippen molar-refractivity contribution in [3.05, 3.63) is 23.8 Å². The molecule has 0 fully saturated rings. The van der Waals surface area contributed by atoms with Gasteiger partial charge in [-0.1, -0.05) is 39.8 Å². The number of hydrogen-bond acceptors (Lipinski definition) is 2. The molecule has 3 heteroatoms. The Morgan fingerprint density at radius 3 is 2.38 bits per heavy atom. The number of anilines is 2. The van der Waals surface area contributed by atoms with Gasteiger partial charge < -0.3 is 10.6 Å². The van der Waals surface area contributed by atoms with Crippen molar-refractivity contribution in [3.63, 3.8) is 0 Å². The minimum atomic E-state index is 0.0214. The summed E-state index contributed by atoms with van der Waals surface area (Å²) in [4.78, 5) is 11.0. The molecule has 1 aromatic carbocycles. The van der Waals surface area contributed by atoms with Gasteiger partial charge in [0.05, 0.1) is 17.9 Å². The summed E-state index contributed by atoms with van der Waals surface area (Å²) >= 11 is 0. The molecule has 3 nitrogen and oxygen atoms in total. The average Bonchev–Trinajstić information content (AvgIpc) is 2.34. The number of nitrogens with one attached hydrogen (secondary N) is 2. The maximum Gasteiger partial charge on any atom is 0.243 e. The van der Waals surface area contributed by atoms with Crippen molar-refractivity contribution < 1.29 is 4.79 Å². The van der Waals surface area contributed by atoms with Crippen molar-refractivity contribution in [3.8, 4) is 0 Å². The first-order valence-corrected chi connectivity index (χ1v) is 5.91. The number of hydrogen-bond donors (Lipinski definition) is 2. The first-order valence-electron chi connectivity index (χ1n) is 5.91. The minimum absolute atomic E-state index is 0.0214. The van der Waals surface area contributed by atoms with Gasteiger partial charge in [0.1, 0.15) is 0 Å². The van der Waals surface area contributed by atoms with Crippen LogP contribution < -0.4 is 10.6 Å². The highest BCUT2D eigenvalue weighted by Gasteiger charge is 2.14. The van der Waals surface area contributed by atoms with E-state index in [0.29, 0.717) is 6.54 Å². The zero-order valence-corrected chi connectivity index (χ0v) is 10.8. The third-order valence-electron chi connectivity index (χ3n) is 1.97. The monoisotopic (exact) mass is 222 g/mol. The molecule has 0 unspecified atom stereocenters. The summed E-state index contributed by atoms with van der Waals surface area (Å²) in [6.07, 6.45) is 0. The van der Waals surface area contributed by atoms with E-state index >= 15 is 0 Å². The molecule has 1 aliphatic rings. The van der Waals surface area contributed by atoms with E-state index in [1.54, 1.807) is 0 Å². The Balaban J connectivity index is 0.000000509. The van der Waals surface area contributed by atoms with Crippen LogP contribution in [0.5, 0.6) is 0 Å². The van der Waals surface area contributed by atoms with E-state index < -0.39 is 0 Å². The predicted molar refractivity (Wildman–Crippen MR) is 71.0 cm³/mol. The zero-order chi connectivity index (χ0) is 12.6. The number of para-hydroxylation sites is 1. The van der Waals surface area contributed by atoms with Gasteiger partial charge in [-0.15, -0.1) is 0 Å². The SMILES string of the molecule is CC.CC.Cc1cccc2c1NCC(=O)N2. The normalized spacial score (nSPS) is 11.7. The fourth-order valence-corrected chi connectivity index (χ4v) is 1.37. The molecule has 0 radical (unpaired) electrons. The molecule has 16 heavy (non-hydrogen) atoms. The molecule has 0 bridgehead atoms. The molecule has 1 amide bonds. The van der Waals surface area contributed by atoms with E-state index in [-0.39, 0.29) is 5.91 Å². The van der Waals surface area contributed by atoms with Crippen molar-refractivity contribution in [1.29, 1.82) is 0 Å². The largest absolute Gasteiger partial charge is 0.374 e. The average molecular weight is 222 g/mol. The lowest BCUT2D eigenvalue weighted by Gasteiger charge is -2.19. The molecule has 2 N–H and O–H groups in total. The molecular formula is C13H22N2O. The van der Waals surface area contributed by atoms with Gasteiger partial charge in [-0.2, -0.15) is 0 Å². The highest BCUT2D eigenvalue weighted by atomic mass is 16.2. The lowest BCUT2D eigenvalue weighted by Crippen LogP contribution is -2.27. The second kappa shape index (κ2) is 7.74. The molecule has 90 valence electrons. The van der Waals surface area contributed by atoms with Gasteiger partial charge in [-0.25, -0.2) is 0 Å². The Morgan fingerprint density at radius 2 is 1.75 bits per heavy atom. The van der Waals surface area contributed by atoms with Crippen molar-refractivity contribution in [2.45, 2.75) is 34.6 Å². The van der Waals surface area contributed by atoms with Crippen molar-refractivity contribution in [2.75, 3.05) is 17.2 Å². The van der Waals surface area contributed by atoms with Crippen LogP contribution in [0.3, 0.4) is 0 Å². The first-order chi connectivity index (χ1) is 7.77. The van der Waals surface area contributed by atoms with Crippen LogP contribution in [0.2, 0.25) is 0 Å². The van der Waals surface area contributed by atoms with Crippen LogP contribution in [0.1, 0.15) is 33.3 Å². The predicted octanol–water partition coefficient (Wildman–Crippen LogP) is 3.41. The Labute approximate surface area is 98.3 Å². The van der Waals surface area contributed by atoms with Gasteiger partial charge in [0.15, 0.2) is 0 Å². The molecule has 0 spiro atoms. The highest BCUT2D eigenvalue weighted by molar-refractivity contribution is 6.01. The Bertz CT molecular complexity index is 335. The number of carbonyl (C=O) groups excluding carboxylic acids is 1. The standard InChI is InChI=1S/C9H10N2O.2C2H6/c1-6-3-2-4-7-9(6)10-5-8(12)11-7;2*1-2/h2-4,10H,5H2,1H3,(H,11,12);2*1-2H3. The van der Waals surface area contributed by atoms with Crippen LogP contribution in [0.25, 0.3) is 0 Å². The summed E-state index contributed by atoms with van der Waals surface area (Å²) in [6.45, 7) is 10.4. The van der Waals surface area contributed by atoms with Gasteiger partial charge in [0.25, 0.3) is 0 Å². The Kier molecular flexibility index (Phi) is 7.01. The molecule has 0 aromatic heterocycles. The summed E-state index contributed by atoms with van der Waals surface area (Å²) in [5, 5.41) is 5.87. The van der Waals surface area contributed by atoms with E-state index in [1.165, 1.54) is 0 Å². The smallest absolute Gasteiger partial charge is 0.243 e. The fourth-order valence-electron chi connectivity index (χ4n) is 1.37. The summed E-state index contributed by atoms with van der Waals surface area (Å²) in [5.41, 5.74) is 3.08. The minimum Gasteiger partial charge on any atom is -0.374 e. The summed E-state index contributed by atoms with van der Waals surface area (Å²) in [5.74, 6) is 0.0214. The van der Waals surface area contributed by atoms with Gasteiger partial charge >= 0.3 is 0 Å². The third-order valence-corrected chi connectivity index (χ3v) is 1.97. The number of rotatable bonds is 0. The second-order valence-corrected chi connectivity index (χ2v) is 2.90. The van der Waals surface area contributed by atoms with Crippen LogP contribution >= 0.6 is 0 Å². The summed E-state index contributed by atoms with van der Waals surface area (Å²) in [6, 6.07) is 5.84. The van der Waals surface area contributed by atoms with Crippen LogP contribution in [0.4, 0.5) is 11.4 Å². The topological polar surface area (TPSA) is 41.1 Å². The molecular weight excluding hydrogens is 200 g/mol. The van der Waals surface area contributed by atoms with Crippen LogP contribution in [0.15, 0.2) is 18.2 Å². The van der Waals surface area contributed by atoms with Gasteiger partial charge in [-0.05, 0) is 18.6 Å². The van der Waals surface area contributed by atoms with Crippen molar-refractivity contribution >= 4 is 17.3 Å². The molecule has 0 aliphatic carbocycles. The van der Waals surface area contributed by atoms with E-state index in [0.717, 1.165) is 16.9 Å². The lowest BCUT2D eigenvalue weighted by molar-refractivity contribution is -0.114. The maximum absolute atomic E-state index is 11.0. The fraction of sp³-hybridized carbons (Fsp3) is 0.462. The van der Waals surface area contributed by atoms with E-state index in [9.17, 15) is 4.79 Å². The molecule has 2 rings (SSSR count). The molecule has 0 atom stereocenters. The molecule has 1 heterocycles. The van der Waals surface area contributed by atoms with Gasteiger partial charge in [-0.3, -0.25) is 4.79 Å². The van der Waals surface area contributed by atoms with E-state index in [2.05, 4.69) is 10.6 Å². The van der Waals surface area contributed by atoms with Crippen molar-refractivity contribution in [1.82, 2.24) is 0 Å². The molecule has 0 saturated carbocycles. The van der Waals surface area contributed by atoms with Gasteiger partial charge in [0.2, 0.25) is 5.91 Å². The summed E-state index contributed by atoms with van der Waals surface area (Å²) in [7, 11) is 0. The number of benzene rings is 1. The van der Waals surface area contributed by atoms with Crippen LogP contribution in [-0.2, 0) is 4.79 Å². The number of fused-ring (bicyclic) bond motifs is 1. The van der Waals surface area contributed by atoms with Crippen LogP contribution in [-0.4, -0.2) is 12.5 Å². The second-order valence-electron chi connectivity index (χ2n) is 2.90. The third kappa shape index (κ3) is 3.57. The highest BCUT2D eigenvalue weighted by Crippen LogP contribution is 2.27. The number of aryl methyl sites for hydroxylation is 1. The lowest BCUT2D eigenvalue weighted by atomic mass is 10.1. The Morgan fingerprint density at radius 1 is 1.12 bits per heavy atom. The zero-order valence-electron chi connectivity index (χ0n) is 10.8. The molecule has 0 saturated heterocycles. The quantitative estimate of drug-likeness (QED) is 0.706. The van der Waals surface area contributed by atoms with Crippen molar-refractivity contribution in [2.24, 2.45) is 0 Å². The van der Waals surface area contributed by atoms with E-state index in [4.69, 9.17) is 0 Å². The van der Waals surface area contributed by atoms with Crippen LogP contribution in [0, 0.1) is 6.92 Å². The van der Waals surface area contributed by atoms with Gasteiger partial charge in [0, 0.05) is 0 Å². The molecule has 1 aliphatic heterocycles. The maximum atomic E-state index is 11.0. The first kappa shape index (κ1) is 14.5. The Hall–Kier alpha value is -1.51. The number of amides is 1. The number of carbonyl (C=O) groups is 1.